The summed E-state index contributed by atoms with van der Waals surface area (Å²) in [6.07, 6.45) is 5.94. The summed E-state index contributed by atoms with van der Waals surface area (Å²) < 4.78 is 5.68. The Morgan fingerprint density at radius 2 is 1.02 bits per heavy atom. The van der Waals surface area contributed by atoms with Gasteiger partial charge in [-0.1, -0.05) is 65.2 Å². The van der Waals surface area contributed by atoms with Crippen LogP contribution in [-0.4, -0.2) is 173 Å². The third kappa shape index (κ3) is 21.7. The van der Waals surface area contributed by atoms with E-state index in [1.54, 1.807) is 6.92 Å². The van der Waals surface area contributed by atoms with E-state index in [2.05, 4.69) is 44.1 Å². The summed E-state index contributed by atoms with van der Waals surface area (Å²) in [6.45, 7) is 1.37. The Morgan fingerprint density at radius 1 is 0.585 bits per heavy atom. The third-order valence-corrected chi connectivity index (χ3v) is 10.6. The first-order chi connectivity index (χ1) is 30.9. The molecule has 24 heteroatoms. The maximum atomic E-state index is 13.4. The molecule has 0 radical (unpaired) electrons. The number of aliphatic hydroxyl groups excluding tert-OH is 5. The smallest absolute Gasteiger partial charge is 0.325 e. The molecular weight excluding hydrogens is 858 g/mol. The summed E-state index contributed by atoms with van der Waals surface area (Å²) in [6, 6.07) is -11.7. The van der Waals surface area contributed by atoms with Crippen LogP contribution in [0.15, 0.2) is 0 Å². The second-order valence-corrected chi connectivity index (χ2v) is 16.2. The Labute approximate surface area is 379 Å². The van der Waals surface area contributed by atoms with Crippen molar-refractivity contribution in [3.63, 3.8) is 0 Å². The lowest BCUT2D eigenvalue weighted by Gasteiger charge is -2.27. The summed E-state index contributed by atoms with van der Waals surface area (Å²) in [7, 11) is 0. The monoisotopic (exact) mass is 932 g/mol. The molecule has 1 fully saturated rings. The maximum Gasteiger partial charge on any atom is 0.325 e. The van der Waals surface area contributed by atoms with Gasteiger partial charge in [0.05, 0.1) is 39.0 Å². The number of nitrogens with one attached hydrogen (secondary N) is 8. The van der Waals surface area contributed by atoms with Gasteiger partial charge in [-0.25, -0.2) is 0 Å². The summed E-state index contributed by atoms with van der Waals surface area (Å²) >= 11 is 0. The summed E-state index contributed by atoms with van der Waals surface area (Å²) in [4.78, 5) is 119. The highest BCUT2D eigenvalue weighted by atomic mass is 16.5. The van der Waals surface area contributed by atoms with Crippen molar-refractivity contribution in [2.75, 3.05) is 39.5 Å². The van der Waals surface area contributed by atoms with Gasteiger partial charge >= 0.3 is 5.97 Å². The third-order valence-electron chi connectivity index (χ3n) is 10.6. The number of cyclic esters (lactones) is 1. The normalized spacial score (nSPS) is 26.6. The van der Waals surface area contributed by atoms with Crippen LogP contribution >= 0.6 is 0 Å². The van der Waals surface area contributed by atoms with Gasteiger partial charge in [-0.2, -0.15) is 0 Å². The van der Waals surface area contributed by atoms with Gasteiger partial charge in [0, 0.05) is 0 Å². The highest BCUT2D eigenvalue weighted by molar-refractivity contribution is 5.98. The van der Waals surface area contributed by atoms with Gasteiger partial charge in [0.25, 0.3) is 0 Å². The molecule has 0 aromatic carbocycles. The average Bonchev–Trinajstić information content (AvgIpc) is 3.27. The standard InChI is InChI=1S/C41H73N9O15/c1-5-6-7-8-9-10-11-12-14-23(2)31-17-32(56)44-24(3)35(58)45-26(15-13-16-42)36(59)46-27(19-51)37(60)47-28(20-52)38(61)48-29(21-53)39(62)49-30(22-54)40(63)50-34(25(4)55)41(64)43-18-33(57)65-31/h23-31,34,51-55H,5-22,42H2,1-4H3,(H,43,64)(H,44,56)(H,45,58)(H,46,59)(H,47,60)(H,48,61)(H,49,62)(H,50,63). The van der Waals surface area contributed by atoms with Crippen LogP contribution in [0.2, 0.25) is 0 Å². The van der Waals surface area contributed by atoms with Gasteiger partial charge in [-0.15, -0.1) is 0 Å². The van der Waals surface area contributed by atoms with E-state index >= 15 is 0 Å². The van der Waals surface area contributed by atoms with Crippen molar-refractivity contribution in [2.24, 2.45) is 11.7 Å². The van der Waals surface area contributed by atoms with Crippen molar-refractivity contribution in [1.82, 2.24) is 42.5 Å². The second kappa shape index (κ2) is 31.8. The van der Waals surface area contributed by atoms with Crippen LogP contribution in [0.3, 0.4) is 0 Å². The van der Waals surface area contributed by atoms with Crippen LogP contribution in [0.5, 0.6) is 0 Å². The molecule has 0 spiro atoms. The first-order valence-electron chi connectivity index (χ1n) is 22.3. The fourth-order valence-corrected chi connectivity index (χ4v) is 6.59. The molecule has 0 saturated carbocycles. The molecule has 1 aliphatic rings. The van der Waals surface area contributed by atoms with E-state index in [4.69, 9.17) is 10.5 Å². The van der Waals surface area contributed by atoms with Gasteiger partial charge in [0.15, 0.2) is 0 Å². The van der Waals surface area contributed by atoms with Gasteiger partial charge in [-0.05, 0) is 45.6 Å². The maximum absolute atomic E-state index is 13.4. The van der Waals surface area contributed by atoms with E-state index in [9.17, 15) is 68.7 Å². The number of ether oxygens (including phenoxy) is 1. The van der Waals surface area contributed by atoms with Gasteiger partial charge < -0.3 is 78.5 Å². The Kier molecular flexibility index (Phi) is 28.4. The number of unbranched alkanes of at least 4 members (excludes halogenated alkanes) is 7. The average molecular weight is 932 g/mol. The Bertz CT molecular complexity index is 1560. The zero-order valence-corrected chi connectivity index (χ0v) is 37.9. The highest BCUT2D eigenvalue weighted by Gasteiger charge is 2.35. The topological polar surface area (TPSA) is 386 Å². The predicted octanol–water partition coefficient (Wildman–Crippen LogP) is -4.91. The fraction of sp³-hybridized carbons (Fsp3) is 0.780. The number of hydrogen-bond donors (Lipinski definition) is 14. The van der Waals surface area contributed by atoms with Crippen LogP contribution in [0.25, 0.3) is 0 Å². The number of hydrogen-bond acceptors (Lipinski definition) is 16. The molecule has 8 amide bonds. The molecule has 0 bridgehead atoms. The quantitative estimate of drug-likeness (QED) is 0.0452. The Morgan fingerprint density at radius 3 is 1.46 bits per heavy atom. The fourth-order valence-electron chi connectivity index (χ4n) is 6.59. The molecule has 15 N–H and O–H groups in total. The van der Waals surface area contributed by atoms with E-state index < -0.39 is 147 Å². The Balaban J connectivity index is 3.52. The van der Waals surface area contributed by atoms with E-state index in [1.165, 1.54) is 13.3 Å². The summed E-state index contributed by atoms with van der Waals surface area (Å²) in [5.74, 6) is -9.88. The molecule has 65 heavy (non-hydrogen) atoms. The molecule has 0 aromatic heterocycles. The number of carbonyl (C=O) groups is 9. The van der Waals surface area contributed by atoms with Crippen molar-refractivity contribution >= 4 is 53.2 Å². The molecule has 10 unspecified atom stereocenters. The minimum atomic E-state index is -1.86. The van der Waals surface area contributed by atoms with E-state index in [0.29, 0.717) is 6.42 Å². The second-order valence-electron chi connectivity index (χ2n) is 16.2. The molecular formula is C41H73N9O15. The minimum absolute atomic E-state index is 0.0532. The minimum Gasteiger partial charge on any atom is -0.460 e. The zero-order valence-electron chi connectivity index (χ0n) is 37.9. The zero-order chi connectivity index (χ0) is 49.1. The highest BCUT2D eigenvalue weighted by Crippen LogP contribution is 2.20. The lowest BCUT2D eigenvalue weighted by atomic mass is 9.94. The summed E-state index contributed by atoms with van der Waals surface area (Å²) in [5, 5.41) is 67.9. The van der Waals surface area contributed by atoms with Crippen molar-refractivity contribution < 1.29 is 73.4 Å². The molecule has 24 nitrogen and oxygen atoms in total. The largest absolute Gasteiger partial charge is 0.460 e. The molecule has 10 atom stereocenters. The van der Waals surface area contributed by atoms with Crippen LogP contribution in [0.1, 0.15) is 105 Å². The van der Waals surface area contributed by atoms with Crippen LogP contribution < -0.4 is 48.3 Å². The lowest BCUT2D eigenvalue weighted by molar-refractivity contribution is -0.153. The molecule has 0 aliphatic carbocycles. The van der Waals surface area contributed by atoms with E-state index in [1.807, 2.05) is 5.32 Å². The predicted molar refractivity (Wildman–Crippen MR) is 231 cm³/mol. The Hall–Kier alpha value is -5.01. The van der Waals surface area contributed by atoms with Gasteiger partial charge in [0.1, 0.15) is 54.9 Å². The molecule has 372 valence electrons. The van der Waals surface area contributed by atoms with E-state index in [0.717, 1.165) is 51.9 Å². The van der Waals surface area contributed by atoms with Crippen LogP contribution in [0.4, 0.5) is 0 Å². The van der Waals surface area contributed by atoms with Gasteiger partial charge in [-0.3, -0.25) is 43.2 Å². The first kappa shape index (κ1) is 58.0. The number of esters is 1. The van der Waals surface area contributed by atoms with Crippen LogP contribution in [0, 0.1) is 5.92 Å². The molecule has 1 aliphatic heterocycles. The number of nitrogens with two attached hydrogens (primary N) is 1. The molecule has 1 rings (SSSR count). The number of aliphatic hydroxyl groups is 5. The molecule has 0 aromatic rings. The number of amides is 8. The first-order valence-corrected chi connectivity index (χ1v) is 22.3. The van der Waals surface area contributed by atoms with Crippen molar-refractivity contribution in [3.05, 3.63) is 0 Å². The van der Waals surface area contributed by atoms with E-state index in [-0.39, 0.29) is 25.3 Å². The van der Waals surface area contributed by atoms with Gasteiger partial charge in [0.2, 0.25) is 47.3 Å². The van der Waals surface area contributed by atoms with Crippen molar-refractivity contribution in [2.45, 2.75) is 159 Å². The number of carbonyl (C=O) groups excluding carboxylic acids is 9. The van der Waals surface area contributed by atoms with Crippen LogP contribution in [-0.2, 0) is 47.9 Å². The number of rotatable bonds is 18. The molecule has 1 saturated heterocycles. The SMILES string of the molecule is CCCCCCCCCCC(C)C1CC(=O)NC(C)C(=O)NC(CCCN)C(=O)NC(CO)C(=O)NC(CO)C(=O)NC(CO)C(=O)NC(CO)C(=O)NC(C(C)O)C(=O)NCC(=O)O1. The molecule has 1 heterocycles. The summed E-state index contributed by atoms with van der Waals surface area (Å²) in [5.41, 5.74) is 5.64. The van der Waals surface area contributed by atoms with Crippen molar-refractivity contribution in [3.8, 4) is 0 Å². The lowest BCUT2D eigenvalue weighted by Crippen LogP contribution is -2.62. The van der Waals surface area contributed by atoms with Crippen molar-refractivity contribution in [1.29, 1.82) is 0 Å².